The van der Waals surface area contributed by atoms with Crippen LogP contribution in [0.15, 0.2) is 30.4 Å². The van der Waals surface area contributed by atoms with Gasteiger partial charge in [-0.25, -0.2) is 0 Å². The van der Waals surface area contributed by atoms with Gasteiger partial charge in [0.25, 0.3) is 11.8 Å². The molecule has 0 radical (unpaired) electrons. The number of benzene rings is 1. The Kier molecular flexibility index (Phi) is 12.0. The molecule has 0 unspecified atom stereocenters. The summed E-state index contributed by atoms with van der Waals surface area (Å²) < 4.78 is 27.8. The number of ketones is 1. The molecule has 0 spiro atoms. The molecule has 0 aromatic heterocycles. The number of aliphatic hydroxyl groups excluding tert-OH is 3. The Morgan fingerprint density at radius 1 is 1.00 bits per heavy atom. The van der Waals surface area contributed by atoms with Crippen LogP contribution in [0.2, 0.25) is 0 Å². The molecule has 1 saturated heterocycles. The number of nitrogens with zero attached hydrogens (tertiary/aromatic N) is 1. The normalized spacial score (nSPS) is 22.4. The molecule has 2 heterocycles. The molecule has 4 atom stereocenters. The van der Waals surface area contributed by atoms with Crippen molar-refractivity contribution in [2.45, 2.75) is 71.2 Å². The standard InChI is InChI=1S/C29H39NO12/c1-29(2,3)28(37)41-16-18-6-7-20(15-22(18)42-27-26(36)25(35)21(32)17-40-27)39-14-13-38-12-4-5-19(31)10-11-30-23(33)8-9-24(30)34/h6-9,15,21,25-27,32,35-36H,4-5,10-14,16-17H2,1-3H3/t21-,25+,26-,27+/m1/s1. The molecule has 2 amide bonds. The number of hydrogen-bond donors (Lipinski definition) is 3. The van der Waals surface area contributed by atoms with Crippen molar-refractivity contribution in [2.24, 2.45) is 5.41 Å². The van der Waals surface area contributed by atoms with Gasteiger partial charge in [-0.05, 0) is 39.3 Å². The van der Waals surface area contributed by atoms with Crippen LogP contribution in [0.25, 0.3) is 0 Å². The maximum absolute atomic E-state index is 12.3. The Hall–Kier alpha value is -3.36. The number of ether oxygens (including phenoxy) is 5. The highest BCUT2D eigenvalue weighted by Gasteiger charge is 2.39. The van der Waals surface area contributed by atoms with Gasteiger partial charge in [-0.15, -0.1) is 0 Å². The molecule has 3 rings (SSSR count). The lowest BCUT2D eigenvalue weighted by molar-refractivity contribution is -0.242. The predicted octanol–water partition coefficient (Wildman–Crippen LogP) is 0.654. The lowest BCUT2D eigenvalue weighted by atomic mass is 9.97. The highest BCUT2D eigenvalue weighted by molar-refractivity contribution is 6.13. The first-order chi connectivity index (χ1) is 19.9. The van der Waals surface area contributed by atoms with E-state index < -0.39 is 47.8 Å². The molecule has 2 aliphatic rings. The first-order valence-corrected chi connectivity index (χ1v) is 13.7. The minimum atomic E-state index is -1.52. The van der Waals surface area contributed by atoms with Crippen LogP contribution in [0.1, 0.15) is 45.6 Å². The van der Waals surface area contributed by atoms with Crippen molar-refractivity contribution in [1.29, 1.82) is 0 Å². The van der Waals surface area contributed by atoms with Gasteiger partial charge in [0.05, 0.1) is 18.6 Å². The number of Topliss-reactive ketones (excluding diaryl/α,β-unsaturated/α-hetero) is 1. The summed E-state index contributed by atoms with van der Waals surface area (Å²) in [5.41, 5.74) is -0.251. The van der Waals surface area contributed by atoms with Crippen molar-refractivity contribution in [3.05, 3.63) is 35.9 Å². The maximum atomic E-state index is 12.3. The van der Waals surface area contributed by atoms with Crippen LogP contribution in [0.5, 0.6) is 11.5 Å². The first kappa shape index (κ1) is 33.1. The van der Waals surface area contributed by atoms with Crippen molar-refractivity contribution in [3.8, 4) is 11.5 Å². The Morgan fingerprint density at radius 2 is 1.71 bits per heavy atom. The predicted molar refractivity (Wildman–Crippen MR) is 145 cm³/mol. The molecule has 0 aliphatic carbocycles. The summed E-state index contributed by atoms with van der Waals surface area (Å²) in [6.07, 6.45) is -2.33. The van der Waals surface area contributed by atoms with Gasteiger partial charge in [0.15, 0.2) is 0 Å². The second kappa shape index (κ2) is 15.2. The third kappa shape index (κ3) is 9.60. The molecule has 2 aliphatic heterocycles. The van der Waals surface area contributed by atoms with E-state index >= 15 is 0 Å². The fraction of sp³-hybridized carbons (Fsp3) is 0.586. The van der Waals surface area contributed by atoms with Crippen LogP contribution in [-0.4, -0.2) is 101 Å². The van der Waals surface area contributed by atoms with Crippen molar-refractivity contribution < 1.29 is 58.2 Å². The van der Waals surface area contributed by atoms with Crippen LogP contribution in [0.4, 0.5) is 0 Å². The monoisotopic (exact) mass is 593 g/mol. The molecule has 1 aromatic carbocycles. The van der Waals surface area contributed by atoms with E-state index in [0.29, 0.717) is 24.3 Å². The van der Waals surface area contributed by atoms with E-state index in [9.17, 15) is 34.5 Å². The van der Waals surface area contributed by atoms with E-state index in [1.165, 1.54) is 18.2 Å². The first-order valence-electron chi connectivity index (χ1n) is 13.7. The molecule has 13 nitrogen and oxygen atoms in total. The van der Waals surface area contributed by atoms with Crippen LogP contribution in [0.3, 0.4) is 0 Å². The Morgan fingerprint density at radius 3 is 2.40 bits per heavy atom. The van der Waals surface area contributed by atoms with Gasteiger partial charge in [0, 0.05) is 49.8 Å². The van der Waals surface area contributed by atoms with E-state index in [2.05, 4.69) is 0 Å². The maximum Gasteiger partial charge on any atom is 0.311 e. The molecular weight excluding hydrogens is 554 g/mol. The molecule has 42 heavy (non-hydrogen) atoms. The topological polar surface area (TPSA) is 178 Å². The molecule has 0 bridgehead atoms. The van der Waals surface area contributed by atoms with Crippen LogP contribution < -0.4 is 9.47 Å². The average Bonchev–Trinajstić information content (AvgIpc) is 3.26. The zero-order chi connectivity index (χ0) is 30.9. The van der Waals surface area contributed by atoms with Gasteiger partial charge >= 0.3 is 5.97 Å². The Bertz CT molecular complexity index is 1130. The van der Waals surface area contributed by atoms with Crippen LogP contribution in [-0.2, 0) is 40.0 Å². The van der Waals surface area contributed by atoms with E-state index in [-0.39, 0.29) is 57.3 Å². The smallest absolute Gasteiger partial charge is 0.311 e. The summed E-state index contributed by atoms with van der Waals surface area (Å²) in [5, 5.41) is 30.0. The summed E-state index contributed by atoms with van der Waals surface area (Å²) in [6, 6.07) is 4.80. The minimum Gasteiger partial charge on any atom is -0.491 e. The van der Waals surface area contributed by atoms with E-state index in [0.717, 1.165) is 4.90 Å². The van der Waals surface area contributed by atoms with E-state index in [1.54, 1.807) is 32.9 Å². The van der Waals surface area contributed by atoms with E-state index in [1.807, 2.05) is 0 Å². The largest absolute Gasteiger partial charge is 0.491 e. The summed E-state index contributed by atoms with van der Waals surface area (Å²) in [7, 11) is 0. The molecule has 13 heteroatoms. The molecule has 3 N–H and O–H groups in total. The third-order valence-corrected chi connectivity index (χ3v) is 6.46. The number of amides is 2. The summed E-state index contributed by atoms with van der Waals surface area (Å²) in [4.78, 5) is 48.4. The Labute approximate surface area is 243 Å². The third-order valence-electron chi connectivity index (χ3n) is 6.46. The quantitative estimate of drug-likeness (QED) is 0.147. The van der Waals surface area contributed by atoms with Gasteiger partial charge in [-0.3, -0.25) is 24.1 Å². The second-order valence-corrected chi connectivity index (χ2v) is 11.0. The van der Waals surface area contributed by atoms with Crippen molar-refractivity contribution >= 4 is 23.6 Å². The summed E-state index contributed by atoms with van der Waals surface area (Å²) in [5.74, 6) is -0.735. The highest BCUT2D eigenvalue weighted by Crippen LogP contribution is 2.30. The number of rotatable bonds is 15. The number of aliphatic hydroxyl groups is 3. The van der Waals surface area contributed by atoms with Crippen LogP contribution >= 0.6 is 0 Å². The van der Waals surface area contributed by atoms with Crippen molar-refractivity contribution in [1.82, 2.24) is 4.90 Å². The zero-order valence-electron chi connectivity index (χ0n) is 24.0. The highest BCUT2D eigenvalue weighted by atomic mass is 16.7. The van der Waals surface area contributed by atoms with Crippen molar-refractivity contribution in [2.75, 3.05) is 33.0 Å². The molecule has 1 fully saturated rings. The summed E-state index contributed by atoms with van der Waals surface area (Å²) >= 11 is 0. The van der Waals surface area contributed by atoms with Gasteiger partial charge in [0.2, 0.25) is 6.29 Å². The Balaban J connectivity index is 1.45. The lowest BCUT2D eigenvalue weighted by Crippen LogP contribution is -2.54. The summed E-state index contributed by atoms with van der Waals surface area (Å²) in [6.45, 7) is 5.59. The minimum absolute atomic E-state index is 0.0656. The second-order valence-electron chi connectivity index (χ2n) is 11.0. The van der Waals surface area contributed by atoms with Crippen LogP contribution in [0, 0.1) is 5.41 Å². The number of carbonyl (C=O) groups excluding carboxylic acids is 4. The zero-order valence-corrected chi connectivity index (χ0v) is 24.0. The van der Waals surface area contributed by atoms with Gasteiger partial charge in [0.1, 0.15) is 48.8 Å². The average molecular weight is 594 g/mol. The van der Waals surface area contributed by atoms with Gasteiger partial charge in [-0.1, -0.05) is 0 Å². The number of carbonyl (C=O) groups is 4. The molecular formula is C29H39NO12. The number of esters is 1. The van der Waals surface area contributed by atoms with Gasteiger partial charge in [-0.2, -0.15) is 0 Å². The lowest BCUT2D eigenvalue weighted by Gasteiger charge is -2.35. The molecule has 232 valence electrons. The fourth-order valence-corrected chi connectivity index (χ4v) is 3.93. The van der Waals surface area contributed by atoms with E-state index in [4.69, 9.17) is 23.7 Å². The number of imide groups is 1. The fourth-order valence-electron chi connectivity index (χ4n) is 3.93. The van der Waals surface area contributed by atoms with Crippen molar-refractivity contribution in [3.63, 3.8) is 0 Å². The van der Waals surface area contributed by atoms with Gasteiger partial charge < -0.3 is 39.0 Å². The molecule has 1 aromatic rings. The molecule has 0 saturated carbocycles. The SMILES string of the molecule is CC(C)(C)C(=O)OCc1ccc(OCCOCCCC(=O)CCN2C(=O)C=CC2=O)cc1O[C@@H]1OC[C@@H](O)[C@H](O)[C@H]1O. The number of hydrogen-bond acceptors (Lipinski definition) is 12.